The summed E-state index contributed by atoms with van der Waals surface area (Å²) in [5.74, 6) is 0.245. The van der Waals surface area contributed by atoms with Crippen molar-refractivity contribution in [1.82, 2.24) is 9.97 Å². The van der Waals surface area contributed by atoms with Gasteiger partial charge in [-0.2, -0.15) is 5.26 Å². The molecule has 2 heterocycles. The van der Waals surface area contributed by atoms with Gasteiger partial charge in [0, 0.05) is 9.90 Å². The second-order valence-corrected chi connectivity index (χ2v) is 6.10. The highest BCUT2D eigenvalue weighted by molar-refractivity contribution is 7.11. The first-order valence-corrected chi connectivity index (χ1v) is 7.70. The lowest BCUT2D eigenvalue weighted by Gasteiger charge is -2.02. The van der Waals surface area contributed by atoms with Crippen molar-refractivity contribution in [2.24, 2.45) is 0 Å². The van der Waals surface area contributed by atoms with E-state index >= 15 is 0 Å². The third kappa shape index (κ3) is 2.67. The van der Waals surface area contributed by atoms with E-state index in [1.807, 2.05) is 18.4 Å². The van der Waals surface area contributed by atoms with Gasteiger partial charge in [-0.1, -0.05) is 11.6 Å². The van der Waals surface area contributed by atoms with Crippen LogP contribution in [0.2, 0.25) is 5.02 Å². The number of fused-ring (bicyclic) bond motifs is 1. The summed E-state index contributed by atoms with van der Waals surface area (Å²) >= 11 is 7.47. The van der Waals surface area contributed by atoms with Gasteiger partial charge in [0.05, 0.1) is 16.5 Å². The molecule has 4 nitrogen and oxygen atoms in total. The van der Waals surface area contributed by atoms with Crippen molar-refractivity contribution in [3.05, 3.63) is 61.3 Å². The normalized spacial score (nSPS) is 11.6. The molecule has 0 saturated heterocycles. The standard InChI is InChI=1S/C16H10ClN3OS/c1-9-4-5-22-14(9)6-10(8-18)15-19-13-7-11(17)2-3-12(13)16(21)20-15/h2-7H,1H3,(H,19,20,21)/b10-6+. The van der Waals surface area contributed by atoms with Gasteiger partial charge in [-0.15, -0.1) is 11.3 Å². The maximum atomic E-state index is 12.1. The second kappa shape index (κ2) is 5.76. The molecule has 0 bridgehead atoms. The number of nitrogens with zero attached hydrogens (tertiary/aromatic N) is 2. The van der Waals surface area contributed by atoms with Crippen molar-refractivity contribution in [2.45, 2.75) is 6.92 Å². The SMILES string of the molecule is Cc1ccsc1/C=C(\C#N)c1nc2cc(Cl)ccc2c(=O)[nH]1. The van der Waals surface area contributed by atoms with Gasteiger partial charge in [0.25, 0.3) is 5.56 Å². The number of halogens is 1. The van der Waals surface area contributed by atoms with E-state index in [9.17, 15) is 10.1 Å². The Balaban J connectivity index is 2.20. The van der Waals surface area contributed by atoms with E-state index in [4.69, 9.17) is 11.6 Å². The molecule has 0 aliphatic carbocycles. The van der Waals surface area contributed by atoms with Crippen molar-refractivity contribution in [3.63, 3.8) is 0 Å². The monoisotopic (exact) mass is 327 g/mol. The number of benzene rings is 1. The number of thiophene rings is 1. The fourth-order valence-electron chi connectivity index (χ4n) is 2.06. The Morgan fingerprint density at radius 3 is 2.95 bits per heavy atom. The van der Waals surface area contributed by atoms with E-state index in [1.165, 1.54) is 11.3 Å². The number of aromatic nitrogens is 2. The fraction of sp³-hybridized carbons (Fsp3) is 0.0625. The Morgan fingerprint density at radius 1 is 1.45 bits per heavy atom. The lowest BCUT2D eigenvalue weighted by molar-refractivity contribution is 1.13. The minimum atomic E-state index is -0.291. The van der Waals surface area contributed by atoms with Crippen LogP contribution in [0.5, 0.6) is 0 Å². The van der Waals surface area contributed by atoms with Crippen molar-refractivity contribution >= 4 is 45.5 Å². The molecule has 1 aromatic carbocycles. The highest BCUT2D eigenvalue weighted by atomic mass is 35.5. The first-order chi connectivity index (χ1) is 10.6. The summed E-state index contributed by atoms with van der Waals surface area (Å²) in [5, 5.41) is 12.3. The molecule has 3 rings (SSSR count). The Bertz CT molecular complexity index is 995. The predicted molar refractivity (Wildman–Crippen MR) is 89.9 cm³/mol. The first-order valence-electron chi connectivity index (χ1n) is 6.44. The number of hydrogen-bond donors (Lipinski definition) is 1. The molecule has 0 aliphatic rings. The molecule has 2 aromatic heterocycles. The number of nitriles is 1. The van der Waals surface area contributed by atoms with E-state index in [0.717, 1.165) is 10.4 Å². The van der Waals surface area contributed by atoms with Crippen LogP contribution in [0.4, 0.5) is 0 Å². The second-order valence-electron chi connectivity index (χ2n) is 4.71. The van der Waals surface area contributed by atoms with Crippen LogP contribution in [0.25, 0.3) is 22.6 Å². The lowest BCUT2D eigenvalue weighted by Crippen LogP contribution is -2.11. The largest absolute Gasteiger partial charge is 0.305 e. The Labute approximate surface area is 135 Å². The molecule has 0 saturated carbocycles. The average Bonchev–Trinajstić information content (AvgIpc) is 2.89. The number of aromatic amines is 1. The summed E-state index contributed by atoms with van der Waals surface area (Å²) in [4.78, 5) is 20.1. The van der Waals surface area contributed by atoms with Crippen LogP contribution in [0.1, 0.15) is 16.3 Å². The van der Waals surface area contributed by atoms with Gasteiger partial charge >= 0.3 is 0 Å². The van der Waals surface area contributed by atoms with Gasteiger partial charge in [0.15, 0.2) is 5.82 Å². The van der Waals surface area contributed by atoms with E-state index in [2.05, 4.69) is 16.0 Å². The van der Waals surface area contributed by atoms with Gasteiger partial charge in [0.2, 0.25) is 0 Å². The van der Waals surface area contributed by atoms with E-state index in [0.29, 0.717) is 21.5 Å². The summed E-state index contributed by atoms with van der Waals surface area (Å²) in [6, 6.07) is 8.93. The number of aryl methyl sites for hydroxylation is 1. The molecule has 6 heteroatoms. The quantitative estimate of drug-likeness (QED) is 0.723. The van der Waals surface area contributed by atoms with E-state index in [-0.39, 0.29) is 11.4 Å². The highest BCUT2D eigenvalue weighted by Gasteiger charge is 2.09. The summed E-state index contributed by atoms with van der Waals surface area (Å²) in [7, 11) is 0. The summed E-state index contributed by atoms with van der Waals surface area (Å²) in [5.41, 5.74) is 1.56. The molecule has 0 radical (unpaired) electrons. The van der Waals surface area contributed by atoms with Crippen molar-refractivity contribution in [1.29, 1.82) is 5.26 Å². The van der Waals surface area contributed by atoms with Crippen molar-refractivity contribution in [3.8, 4) is 6.07 Å². The number of nitrogens with one attached hydrogen (secondary N) is 1. The average molecular weight is 328 g/mol. The number of hydrogen-bond acceptors (Lipinski definition) is 4. The van der Waals surface area contributed by atoms with Gasteiger partial charge in [0.1, 0.15) is 6.07 Å². The van der Waals surface area contributed by atoms with E-state index in [1.54, 1.807) is 24.3 Å². The molecule has 0 amide bonds. The Kier molecular flexibility index (Phi) is 3.80. The summed E-state index contributed by atoms with van der Waals surface area (Å²) in [6.45, 7) is 1.97. The molecule has 22 heavy (non-hydrogen) atoms. The van der Waals surface area contributed by atoms with Crippen LogP contribution in [0.15, 0.2) is 34.4 Å². The molecular weight excluding hydrogens is 318 g/mol. The van der Waals surface area contributed by atoms with E-state index < -0.39 is 0 Å². The number of H-pyrrole nitrogens is 1. The molecule has 108 valence electrons. The first kappa shape index (κ1) is 14.5. The third-order valence-corrected chi connectivity index (χ3v) is 4.42. The zero-order valence-corrected chi connectivity index (χ0v) is 13.1. The third-order valence-electron chi connectivity index (χ3n) is 3.22. The predicted octanol–water partition coefficient (Wildman–Crippen LogP) is 4.01. The van der Waals surface area contributed by atoms with Crippen LogP contribution < -0.4 is 5.56 Å². The molecule has 1 N–H and O–H groups in total. The van der Waals surface area contributed by atoms with Gasteiger partial charge < -0.3 is 4.98 Å². The number of rotatable bonds is 2. The van der Waals surface area contributed by atoms with Crippen LogP contribution in [0, 0.1) is 18.3 Å². The Hall–Kier alpha value is -2.42. The molecule has 0 aliphatic heterocycles. The minimum Gasteiger partial charge on any atom is -0.305 e. The van der Waals surface area contributed by atoms with Crippen molar-refractivity contribution in [2.75, 3.05) is 0 Å². The molecule has 0 spiro atoms. The molecular formula is C16H10ClN3OS. The smallest absolute Gasteiger partial charge is 0.259 e. The van der Waals surface area contributed by atoms with Gasteiger partial charge in [-0.25, -0.2) is 4.98 Å². The maximum Gasteiger partial charge on any atom is 0.259 e. The maximum absolute atomic E-state index is 12.1. The zero-order valence-electron chi connectivity index (χ0n) is 11.6. The van der Waals surface area contributed by atoms with Crippen LogP contribution in [0.3, 0.4) is 0 Å². The lowest BCUT2D eigenvalue weighted by atomic mass is 10.2. The van der Waals surface area contributed by atoms with Crippen LogP contribution in [-0.2, 0) is 0 Å². The minimum absolute atomic E-state index is 0.245. The molecule has 0 unspecified atom stereocenters. The van der Waals surface area contributed by atoms with Crippen molar-refractivity contribution < 1.29 is 0 Å². The fourth-order valence-corrected chi connectivity index (χ4v) is 3.08. The number of allylic oxidation sites excluding steroid dienone is 1. The van der Waals surface area contributed by atoms with Gasteiger partial charge in [-0.3, -0.25) is 4.79 Å². The Morgan fingerprint density at radius 2 is 2.27 bits per heavy atom. The van der Waals surface area contributed by atoms with Crippen LogP contribution in [-0.4, -0.2) is 9.97 Å². The topological polar surface area (TPSA) is 69.5 Å². The molecule has 0 atom stereocenters. The summed E-state index contributed by atoms with van der Waals surface area (Å²) < 4.78 is 0. The molecule has 0 fully saturated rings. The molecule has 3 aromatic rings. The van der Waals surface area contributed by atoms with Gasteiger partial charge in [-0.05, 0) is 48.2 Å². The highest BCUT2D eigenvalue weighted by Crippen LogP contribution is 2.23. The zero-order chi connectivity index (χ0) is 15.7. The summed E-state index contributed by atoms with van der Waals surface area (Å²) in [6.07, 6.45) is 1.73. The van der Waals surface area contributed by atoms with Crippen LogP contribution >= 0.6 is 22.9 Å².